The highest BCUT2D eigenvalue weighted by Crippen LogP contribution is 2.39. The maximum atomic E-state index is 11.2. The average molecular weight is 230 g/mol. The van der Waals surface area contributed by atoms with Gasteiger partial charge in [0.05, 0.1) is 5.56 Å². The molecule has 0 fully saturated rings. The van der Waals surface area contributed by atoms with E-state index in [1.54, 1.807) is 6.07 Å². The molecule has 0 aliphatic carbocycles. The molecule has 0 spiro atoms. The second kappa shape index (κ2) is 3.77. The van der Waals surface area contributed by atoms with Crippen LogP contribution in [0.2, 0.25) is 0 Å². The van der Waals surface area contributed by atoms with Gasteiger partial charge in [-0.05, 0) is 25.5 Å². The standard InChI is InChI=1S/C13H14N2O2/c1-3-13(2)6-9-4-8(12(15)16)5-10(7-14)11(9)17-13/h4-5H,3,6H2,1-2H3,(H2,15,16). The van der Waals surface area contributed by atoms with Gasteiger partial charge in [0.2, 0.25) is 5.91 Å². The van der Waals surface area contributed by atoms with E-state index < -0.39 is 5.91 Å². The Kier molecular flexibility index (Phi) is 2.55. The summed E-state index contributed by atoms with van der Waals surface area (Å²) in [5.41, 5.74) is 6.59. The van der Waals surface area contributed by atoms with Crippen molar-refractivity contribution in [3.05, 3.63) is 28.8 Å². The monoisotopic (exact) mass is 230 g/mol. The number of primary amides is 1. The predicted molar refractivity (Wildman–Crippen MR) is 62.7 cm³/mol. The molecular formula is C13H14N2O2. The zero-order valence-corrected chi connectivity index (χ0v) is 9.91. The fourth-order valence-electron chi connectivity index (χ4n) is 2.05. The number of nitrogens with zero attached hydrogens (tertiary/aromatic N) is 1. The summed E-state index contributed by atoms with van der Waals surface area (Å²) in [4.78, 5) is 11.2. The molecular weight excluding hydrogens is 216 g/mol. The second-order valence-electron chi connectivity index (χ2n) is 4.57. The van der Waals surface area contributed by atoms with E-state index in [9.17, 15) is 4.79 Å². The first kappa shape index (κ1) is 11.5. The summed E-state index contributed by atoms with van der Waals surface area (Å²) in [5.74, 6) is 0.0799. The highest BCUT2D eigenvalue weighted by molar-refractivity contribution is 5.93. The Morgan fingerprint density at radius 1 is 1.65 bits per heavy atom. The SMILES string of the molecule is CCC1(C)Cc2cc(C(N)=O)cc(C#N)c2O1. The lowest BCUT2D eigenvalue weighted by molar-refractivity contribution is 0.1000. The first-order valence-electron chi connectivity index (χ1n) is 5.55. The molecule has 0 saturated heterocycles. The first-order valence-corrected chi connectivity index (χ1v) is 5.55. The molecule has 4 heteroatoms. The molecule has 0 radical (unpaired) electrons. The molecule has 88 valence electrons. The highest BCUT2D eigenvalue weighted by Gasteiger charge is 2.35. The number of carbonyl (C=O) groups excluding carboxylic acids is 1. The summed E-state index contributed by atoms with van der Waals surface area (Å²) in [6.07, 6.45) is 1.55. The minimum absolute atomic E-state index is 0.287. The van der Waals surface area contributed by atoms with Crippen molar-refractivity contribution in [3.63, 3.8) is 0 Å². The number of nitrogens with two attached hydrogens (primary N) is 1. The molecule has 1 aliphatic rings. The first-order chi connectivity index (χ1) is 7.99. The number of hydrogen-bond donors (Lipinski definition) is 1. The number of carbonyl (C=O) groups is 1. The van der Waals surface area contributed by atoms with E-state index in [4.69, 9.17) is 15.7 Å². The largest absolute Gasteiger partial charge is 0.486 e. The molecule has 2 rings (SSSR count). The van der Waals surface area contributed by atoms with Crippen molar-refractivity contribution in [1.82, 2.24) is 0 Å². The number of fused-ring (bicyclic) bond motifs is 1. The molecule has 1 aromatic carbocycles. The van der Waals surface area contributed by atoms with Crippen molar-refractivity contribution in [3.8, 4) is 11.8 Å². The van der Waals surface area contributed by atoms with E-state index >= 15 is 0 Å². The van der Waals surface area contributed by atoms with Gasteiger partial charge in [-0.3, -0.25) is 4.79 Å². The molecule has 0 saturated carbocycles. The number of rotatable bonds is 2. The van der Waals surface area contributed by atoms with Gasteiger partial charge in [0, 0.05) is 17.5 Å². The van der Waals surface area contributed by atoms with E-state index in [1.165, 1.54) is 6.07 Å². The van der Waals surface area contributed by atoms with Crippen molar-refractivity contribution < 1.29 is 9.53 Å². The highest BCUT2D eigenvalue weighted by atomic mass is 16.5. The zero-order chi connectivity index (χ0) is 12.6. The molecule has 1 unspecified atom stereocenters. The lowest BCUT2D eigenvalue weighted by atomic mass is 9.95. The fraction of sp³-hybridized carbons (Fsp3) is 0.385. The Bertz CT molecular complexity index is 531. The van der Waals surface area contributed by atoms with Crippen molar-refractivity contribution in [2.24, 2.45) is 5.73 Å². The van der Waals surface area contributed by atoms with Crippen molar-refractivity contribution in [2.75, 3.05) is 0 Å². The van der Waals surface area contributed by atoms with Gasteiger partial charge in [0.25, 0.3) is 0 Å². The van der Waals surface area contributed by atoms with Crippen LogP contribution in [0.5, 0.6) is 5.75 Å². The Hall–Kier alpha value is -2.02. The van der Waals surface area contributed by atoms with Crippen LogP contribution in [0.4, 0.5) is 0 Å². The summed E-state index contributed by atoms with van der Waals surface area (Å²) in [6.45, 7) is 4.03. The third-order valence-electron chi connectivity index (χ3n) is 3.23. The smallest absolute Gasteiger partial charge is 0.248 e. The topological polar surface area (TPSA) is 76.1 Å². The quantitative estimate of drug-likeness (QED) is 0.841. The van der Waals surface area contributed by atoms with E-state index in [2.05, 4.69) is 6.07 Å². The maximum Gasteiger partial charge on any atom is 0.248 e. The van der Waals surface area contributed by atoms with Crippen LogP contribution in [0, 0.1) is 11.3 Å². The summed E-state index contributed by atoms with van der Waals surface area (Å²) >= 11 is 0. The Labute approximate surface area is 100.0 Å². The third kappa shape index (κ3) is 1.84. The van der Waals surface area contributed by atoms with E-state index in [-0.39, 0.29) is 5.60 Å². The van der Waals surface area contributed by atoms with Gasteiger partial charge in [-0.15, -0.1) is 0 Å². The Morgan fingerprint density at radius 2 is 2.35 bits per heavy atom. The van der Waals surface area contributed by atoms with Crippen LogP contribution in [0.25, 0.3) is 0 Å². The van der Waals surface area contributed by atoms with Crippen LogP contribution in [-0.2, 0) is 6.42 Å². The minimum atomic E-state index is -0.519. The molecule has 1 heterocycles. The summed E-state index contributed by atoms with van der Waals surface area (Å²) in [5, 5.41) is 9.07. The second-order valence-corrected chi connectivity index (χ2v) is 4.57. The molecule has 0 aromatic heterocycles. The van der Waals surface area contributed by atoms with E-state index in [0.717, 1.165) is 12.0 Å². The van der Waals surface area contributed by atoms with Gasteiger partial charge < -0.3 is 10.5 Å². The van der Waals surface area contributed by atoms with Gasteiger partial charge in [0.1, 0.15) is 17.4 Å². The normalized spacial score (nSPS) is 21.5. The van der Waals surface area contributed by atoms with Crippen LogP contribution in [0.15, 0.2) is 12.1 Å². The van der Waals surface area contributed by atoms with Crippen molar-refractivity contribution in [1.29, 1.82) is 5.26 Å². The lowest BCUT2D eigenvalue weighted by Gasteiger charge is -2.21. The Morgan fingerprint density at radius 3 is 2.88 bits per heavy atom. The zero-order valence-electron chi connectivity index (χ0n) is 9.91. The van der Waals surface area contributed by atoms with Gasteiger partial charge in [-0.1, -0.05) is 6.92 Å². The molecule has 1 amide bonds. The van der Waals surface area contributed by atoms with Crippen LogP contribution in [0.1, 0.15) is 41.8 Å². The van der Waals surface area contributed by atoms with Gasteiger partial charge in [-0.2, -0.15) is 5.26 Å². The lowest BCUT2D eigenvalue weighted by Crippen LogP contribution is -2.28. The number of nitriles is 1. The van der Waals surface area contributed by atoms with Crippen LogP contribution >= 0.6 is 0 Å². The van der Waals surface area contributed by atoms with Gasteiger partial charge in [-0.25, -0.2) is 0 Å². The summed E-state index contributed by atoms with van der Waals surface area (Å²) in [6, 6.07) is 5.26. The fourth-order valence-corrected chi connectivity index (χ4v) is 2.05. The molecule has 4 nitrogen and oxygen atoms in total. The summed E-state index contributed by atoms with van der Waals surface area (Å²) in [7, 11) is 0. The maximum absolute atomic E-state index is 11.2. The van der Waals surface area contributed by atoms with E-state index in [1.807, 2.05) is 13.8 Å². The van der Waals surface area contributed by atoms with Crippen LogP contribution in [-0.4, -0.2) is 11.5 Å². The molecule has 1 aliphatic heterocycles. The molecule has 2 N–H and O–H groups in total. The van der Waals surface area contributed by atoms with Gasteiger partial charge >= 0.3 is 0 Å². The predicted octanol–water partition coefficient (Wildman–Crippen LogP) is 1.76. The van der Waals surface area contributed by atoms with Crippen molar-refractivity contribution in [2.45, 2.75) is 32.3 Å². The van der Waals surface area contributed by atoms with E-state index in [0.29, 0.717) is 23.3 Å². The molecule has 0 bridgehead atoms. The van der Waals surface area contributed by atoms with Crippen molar-refractivity contribution >= 4 is 5.91 Å². The number of hydrogen-bond acceptors (Lipinski definition) is 3. The number of amides is 1. The average Bonchev–Trinajstić information content (AvgIpc) is 2.64. The number of ether oxygens (including phenoxy) is 1. The molecule has 17 heavy (non-hydrogen) atoms. The van der Waals surface area contributed by atoms with Gasteiger partial charge in [0.15, 0.2) is 0 Å². The minimum Gasteiger partial charge on any atom is -0.486 e. The van der Waals surface area contributed by atoms with Crippen LogP contribution < -0.4 is 10.5 Å². The Balaban J connectivity index is 2.54. The van der Waals surface area contributed by atoms with Crippen LogP contribution in [0.3, 0.4) is 0 Å². The molecule has 1 atom stereocenters. The third-order valence-corrected chi connectivity index (χ3v) is 3.23. The summed E-state index contributed by atoms with van der Waals surface area (Å²) < 4.78 is 5.83. The molecule has 1 aromatic rings. The number of benzene rings is 1.